The lowest BCUT2D eigenvalue weighted by molar-refractivity contribution is -0.385. The maximum atomic E-state index is 10.9. The van der Waals surface area contributed by atoms with Gasteiger partial charge in [0.15, 0.2) is 0 Å². The van der Waals surface area contributed by atoms with Crippen LogP contribution in [0, 0.1) is 17.0 Å². The molecule has 0 aliphatic carbocycles. The molecule has 0 spiro atoms. The zero-order chi connectivity index (χ0) is 14.0. The van der Waals surface area contributed by atoms with Gasteiger partial charge >= 0.3 is 0 Å². The molecule has 1 heterocycles. The predicted molar refractivity (Wildman–Crippen MR) is 78.3 cm³/mol. The van der Waals surface area contributed by atoms with Gasteiger partial charge in [0.2, 0.25) is 0 Å². The highest BCUT2D eigenvalue weighted by Crippen LogP contribution is 2.32. The highest BCUT2D eigenvalue weighted by Gasteiger charge is 2.15. The van der Waals surface area contributed by atoms with Gasteiger partial charge in [-0.05, 0) is 34.5 Å². The summed E-state index contributed by atoms with van der Waals surface area (Å²) in [5.41, 5.74) is 1.96. The van der Waals surface area contributed by atoms with Crippen molar-refractivity contribution in [1.82, 2.24) is 9.78 Å². The van der Waals surface area contributed by atoms with Gasteiger partial charge in [0.25, 0.3) is 5.69 Å². The fraction of sp³-hybridized carbons (Fsp3) is 0.250. The summed E-state index contributed by atoms with van der Waals surface area (Å²) in [5, 5.41) is 16.2. The molecule has 0 fully saturated rings. The predicted octanol–water partition coefficient (Wildman–Crippen LogP) is 3.69. The molecule has 2 aromatic rings. The fourth-order valence-electron chi connectivity index (χ4n) is 1.69. The molecule has 0 aliphatic rings. The molecule has 1 aromatic heterocycles. The van der Waals surface area contributed by atoms with Gasteiger partial charge in [-0.3, -0.25) is 14.8 Å². The summed E-state index contributed by atoms with van der Waals surface area (Å²) in [6.07, 6.45) is 0. The Labute approximate surface area is 123 Å². The van der Waals surface area contributed by atoms with Crippen molar-refractivity contribution in [3.8, 4) is 0 Å². The maximum Gasteiger partial charge on any atom is 0.283 e. The second kappa shape index (κ2) is 5.75. The Morgan fingerprint density at radius 3 is 2.84 bits per heavy atom. The molecule has 2 rings (SSSR count). The van der Waals surface area contributed by atoms with Gasteiger partial charge in [0, 0.05) is 18.9 Å². The van der Waals surface area contributed by atoms with E-state index in [1.807, 2.05) is 30.8 Å². The Bertz CT molecular complexity index is 627. The lowest BCUT2D eigenvalue weighted by atomic mass is 10.2. The first-order valence-corrected chi connectivity index (χ1v) is 7.32. The van der Waals surface area contributed by atoms with E-state index in [1.165, 1.54) is 6.07 Å². The first kappa shape index (κ1) is 14.1. The van der Waals surface area contributed by atoms with Crippen molar-refractivity contribution in [2.24, 2.45) is 7.05 Å². The number of nitrogens with zero attached hydrogens (tertiary/aromatic N) is 3. The Morgan fingerprint density at radius 1 is 1.53 bits per heavy atom. The molecular weight excluding hydrogens is 330 g/mol. The van der Waals surface area contributed by atoms with Crippen LogP contribution in [0.25, 0.3) is 0 Å². The van der Waals surface area contributed by atoms with E-state index in [4.69, 9.17) is 0 Å². The molecule has 0 N–H and O–H groups in total. The molecular formula is C12H12BrN3O2S. The number of benzene rings is 1. The number of nitro benzene ring substituents is 1. The molecule has 0 saturated carbocycles. The van der Waals surface area contributed by atoms with Crippen LogP contribution < -0.4 is 0 Å². The molecule has 0 unspecified atom stereocenters. The van der Waals surface area contributed by atoms with Crippen molar-refractivity contribution in [3.05, 3.63) is 50.1 Å². The normalized spacial score (nSPS) is 10.7. The Hall–Kier alpha value is -1.34. The highest BCUT2D eigenvalue weighted by molar-refractivity contribution is 9.10. The summed E-state index contributed by atoms with van der Waals surface area (Å²) in [6, 6.07) is 7.07. The molecule has 0 amide bonds. The maximum absolute atomic E-state index is 10.9. The van der Waals surface area contributed by atoms with E-state index < -0.39 is 0 Å². The fourth-order valence-corrected chi connectivity index (χ4v) is 3.45. The third kappa shape index (κ3) is 3.16. The van der Waals surface area contributed by atoms with E-state index in [0.717, 1.165) is 16.3 Å². The van der Waals surface area contributed by atoms with Gasteiger partial charge in [-0.1, -0.05) is 12.1 Å². The van der Waals surface area contributed by atoms with Crippen LogP contribution in [0.3, 0.4) is 0 Å². The molecule has 0 radical (unpaired) electrons. The monoisotopic (exact) mass is 341 g/mol. The standard InChI is InChI=1S/C12H12BrN3O2S/c1-8-6-11(15(2)14-8)19-7-9-4-3-5-10(12(9)13)16(17)18/h3-6H,7H2,1-2H3. The second-order valence-corrected chi connectivity index (χ2v) is 5.83. The molecule has 19 heavy (non-hydrogen) atoms. The highest BCUT2D eigenvalue weighted by atomic mass is 79.9. The van der Waals surface area contributed by atoms with Gasteiger partial charge in [-0.2, -0.15) is 5.10 Å². The van der Waals surface area contributed by atoms with E-state index in [9.17, 15) is 10.1 Å². The van der Waals surface area contributed by atoms with Gasteiger partial charge in [-0.25, -0.2) is 0 Å². The van der Waals surface area contributed by atoms with Gasteiger partial charge < -0.3 is 0 Å². The van der Waals surface area contributed by atoms with E-state index in [-0.39, 0.29) is 10.6 Å². The number of rotatable bonds is 4. The minimum atomic E-state index is -0.382. The summed E-state index contributed by atoms with van der Waals surface area (Å²) in [6.45, 7) is 1.94. The second-order valence-electron chi connectivity index (χ2n) is 4.04. The average Bonchev–Trinajstić information content (AvgIpc) is 2.66. The van der Waals surface area contributed by atoms with Gasteiger partial charge in [0.05, 0.1) is 20.1 Å². The first-order chi connectivity index (χ1) is 8.99. The third-order valence-corrected chi connectivity index (χ3v) is 4.64. The summed E-state index contributed by atoms with van der Waals surface area (Å²) in [5.74, 6) is 0.654. The summed E-state index contributed by atoms with van der Waals surface area (Å²) < 4.78 is 2.36. The van der Waals surface area contributed by atoms with Crippen molar-refractivity contribution in [2.75, 3.05) is 0 Å². The SMILES string of the molecule is Cc1cc(SCc2cccc([N+](=O)[O-])c2Br)n(C)n1. The molecule has 0 atom stereocenters. The number of aromatic nitrogens is 2. The van der Waals surface area contributed by atoms with Crippen molar-refractivity contribution in [2.45, 2.75) is 17.7 Å². The Morgan fingerprint density at radius 2 is 2.26 bits per heavy atom. The summed E-state index contributed by atoms with van der Waals surface area (Å²) in [7, 11) is 1.89. The van der Waals surface area contributed by atoms with Crippen LogP contribution in [0.5, 0.6) is 0 Å². The first-order valence-electron chi connectivity index (χ1n) is 5.54. The number of thioether (sulfide) groups is 1. The van der Waals surface area contributed by atoms with Crippen molar-refractivity contribution < 1.29 is 4.92 Å². The van der Waals surface area contributed by atoms with Crippen LogP contribution in [0.15, 0.2) is 33.8 Å². The number of hydrogen-bond acceptors (Lipinski definition) is 4. The van der Waals surface area contributed by atoms with Crippen molar-refractivity contribution >= 4 is 33.4 Å². The number of halogens is 1. The van der Waals surface area contributed by atoms with Crippen LogP contribution in [0.2, 0.25) is 0 Å². The number of aryl methyl sites for hydroxylation is 2. The smallest absolute Gasteiger partial charge is 0.262 e. The minimum absolute atomic E-state index is 0.0966. The van der Waals surface area contributed by atoms with Crippen LogP contribution in [-0.4, -0.2) is 14.7 Å². The van der Waals surface area contributed by atoms with Crippen molar-refractivity contribution in [3.63, 3.8) is 0 Å². The van der Waals surface area contributed by atoms with E-state index in [1.54, 1.807) is 17.8 Å². The average molecular weight is 342 g/mol. The zero-order valence-electron chi connectivity index (χ0n) is 10.5. The molecule has 100 valence electrons. The van der Waals surface area contributed by atoms with Crippen LogP contribution in [-0.2, 0) is 12.8 Å². The van der Waals surface area contributed by atoms with E-state index >= 15 is 0 Å². The number of hydrogen-bond donors (Lipinski definition) is 0. The minimum Gasteiger partial charge on any atom is -0.262 e. The number of nitro groups is 1. The molecule has 0 bridgehead atoms. The zero-order valence-corrected chi connectivity index (χ0v) is 12.9. The van der Waals surface area contributed by atoms with Crippen LogP contribution in [0.4, 0.5) is 5.69 Å². The van der Waals surface area contributed by atoms with Gasteiger partial charge in [0.1, 0.15) is 0 Å². The molecule has 0 saturated heterocycles. The van der Waals surface area contributed by atoms with Crippen molar-refractivity contribution in [1.29, 1.82) is 0 Å². The molecule has 1 aromatic carbocycles. The topological polar surface area (TPSA) is 61.0 Å². The third-order valence-electron chi connectivity index (χ3n) is 2.59. The summed E-state index contributed by atoms with van der Waals surface area (Å²) >= 11 is 4.91. The Kier molecular flexibility index (Phi) is 4.26. The summed E-state index contributed by atoms with van der Waals surface area (Å²) in [4.78, 5) is 10.5. The van der Waals surface area contributed by atoms with Crippen LogP contribution in [0.1, 0.15) is 11.3 Å². The largest absolute Gasteiger partial charge is 0.283 e. The van der Waals surface area contributed by atoms with Gasteiger partial charge in [-0.15, -0.1) is 11.8 Å². The van der Waals surface area contributed by atoms with E-state index in [2.05, 4.69) is 21.0 Å². The quantitative estimate of drug-likeness (QED) is 0.483. The van der Waals surface area contributed by atoms with Crippen LogP contribution >= 0.6 is 27.7 Å². The lowest BCUT2D eigenvalue weighted by Gasteiger charge is -2.05. The van der Waals surface area contributed by atoms with E-state index in [0.29, 0.717) is 10.2 Å². The Balaban J connectivity index is 2.18. The molecule has 7 heteroatoms. The molecule has 0 aliphatic heterocycles. The molecule has 5 nitrogen and oxygen atoms in total. The lowest BCUT2D eigenvalue weighted by Crippen LogP contribution is -1.95.